The van der Waals surface area contributed by atoms with Gasteiger partial charge in [0.1, 0.15) is 4.90 Å². The molecule has 1 unspecified atom stereocenters. The van der Waals surface area contributed by atoms with E-state index in [1.807, 2.05) is 0 Å². The maximum Gasteiger partial charge on any atom is 0.245 e. The highest BCUT2D eigenvalue weighted by Crippen LogP contribution is 2.26. The first-order chi connectivity index (χ1) is 8.30. The molecule has 0 saturated heterocycles. The molecule has 1 aromatic carbocycles. The van der Waals surface area contributed by atoms with Crippen molar-refractivity contribution >= 4 is 27.3 Å². The summed E-state index contributed by atoms with van der Waals surface area (Å²) >= 11 is 5.81. The summed E-state index contributed by atoms with van der Waals surface area (Å²) in [5.41, 5.74) is 5.87. The third kappa shape index (κ3) is 3.14. The maximum atomic E-state index is 12.4. The van der Waals surface area contributed by atoms with E-state index in [0.717, 1.165) is 0 Å². The third-order valence-electron chi connectivity index (χ3n) is 2.66. The number of ether oxygens (including phenoxy) is 1. The highest BCUT2D eigenvalue weighted by molar-refractivity contribution is 7.89. The molecule has 1 rings (SSSR count). The SMILES string of the molecule is COCC(C)N(C)S(=O)(=O)c1cc(Cl)ccc1N. The summed E-state index contributed by atoms with van der Waals surface area (Å²) in [4.78, 5) is 0.0143. The average molecular weight is 293 g/mol. The number of rotatable bonds is 5. The predicted octanol–water partition coefficient (Wildman–Crippen LogP) is 1.58. The molecule has 0 radical (unpaired) electrons. The molecule has 102 valence electrons. The molecule has 0 saturated carbocycles. The van der Waals surface area contributed by atoms with Crippen LogP contribution < -0.4 is 5.73 Å². The largest absolute Gasteiger partial charge is 0.398 e. The molecule has 1 atom stereocenters. The molecule has 2 N–H and O–H groups in total. The number of nitrogens with two attached hydrogens (primary N) is 1. The minimum atomic E-state index is -3.67. The molecular formula is C11H17ClN2O3S. The first kappa shape index (κ1) is 15.2. The van der Waals surface area contributed by atoms with Crippen LogP contribution in [-0.4, -0.2) is 39.5 Å². The topological polar surface area (TPSA) is 72.6 Å². The van der Waals surface area contributed by atoms with Gasteiger partial charge in [-0.2, -0.15) is 4.31 Å². The van der Waals surface area contributed by atoms with Crippen molar-refractivity contribution in [2.45, 2.75) is 17.9 Å². The number of hydrogen-bond donors (Lipinski definition) is 1. The van der Waals surface area contributed by atoms with Crippen LogP contribution in [0.5, 0.6) is 0 Å². The Hall–Kier alpha value is -0.820. The Balaban J connectivity index is 3.17. The third-order valence-corrected chi connectivity index (χ3v) is 4.92. The van der Waals surface area contributed by atoms with E-state index in [0.29, 0.717) is 11.6 Å². The molecule has 0 bridgehead atoms. The Morgan fingerprint density at radius 1 is 1.50 bits per heavy atom. The summed E-state index contributed by atoms with van der Waals surface area (Å²) in [6, 6.07) is 4.08. The van der Waals surface area contributed by atoms with Gasteiger partial charge in [-0.3, -0.25) is 0 Å². The van der Waals surface area contributed by atoms with Crippen LogP contribution in [0.4, 0.5) is 5.69 Å². The van der Waals surface area contributed by atoms with Gasteiger partial charge >= 0.3 is 0 Å². The summed E-state index contributed by atoms with van der Waals surface area (Å²) < 4.78 is 30.9. The first-order valence-electron chi connectivity index (χ1n) is 5.32. The van der Waals surface area contributed by atoms with Crippen molar-refractivity contribution in [2.75, 3.05) is 26.5 Å². The first-order valence-corrected chi connectivity index (χ1v) is 7.14. The monoisotopic (exact) mass is 292 g/mol. The van der Waals surface area contributed by atoms with Crippen LogP contribution in [0.2, 0.25) is 5.02 Å². The lowest BCUT2D eigenvalue weighted by atomic mass is 10.3. The lowest BCUT2D eigenvalue weighted by Crippen LogP contribution is -2.38. The van der Waals surface area contributed by atoms with Gasteiger partial charge in [0.25, 0.3) is 0 Å². The van der Waals surface area contributed by atoms with Gasteiger partial charge in [0.2, 0.25) is 10.0 Å². The number of nitrogen functional groups attached to an aromatic ring is 1. The quantitative estimate of drug-likeness (QED) is 0.836. The van der Waals surface area contributed by atoms with Gasteiger partial charge in [-0.15, -0.1) is 0 Å². The second-order valence-electron chi connectivity index (χ2n) is 4.01. The van der Waals surface area contributed by atoms with Crippen LogP contribution in [-0.2, 0) is 14.8 Å². The van der Waals surface area contributed by atoms with E-state index >= 15 is 0 Å². The number of hydrogen-bond acceptors (Lipinski definition) is 4. The summed E-state index contributed by atoms with van der Waals surface area (Å²) in [5.74, 6) is 0. The fraction of sp³-hybridized carbons (Fsp3) is 0.455. The Labute approximate surface area is 113 Å². The lowest BCUT2D eigenvalue weighted by molar-refractivity contribution is 0.149. The van der Waals surface area contributed by atoms with Crippen LogP contribution >= 0.6 is 11.6 Å². The van der Waals surface area contributed by atoms with Crippen LogP contribution in [0.3, 0.4) is 0 Å². The van der Waals surface area contributed by atoms with Crippen LogP contribution in [0.25, 0.3) is 0 Å². The Morgan fingerprint density at radius 3 is 2.67 bits per heavy atom. The zero-order chi connectivity index (χ0) is 13.9. The highest BCUT2D eigenvalue weighted by atomic mass is 35.5. The standard InChI is InChI=1S/C11H17ClN2O3S/c1-8(7-17-3)14(2)18(15,16)11-6-9(12)4-5-10(11)13/h4-6,8H,7,13H2,1-3H3. The van der Waals surface area contributed by atoms with Gasteiger partial charge in [-0.1, -0.05) is 11.6 Å². The molecule has 0 aromatic heterocycles. The summed E-state index contributed by atoms with van der Waals surface area (Å²) in [6.07, 6.45) is 0. The van der Waals surface area contributed by atoms with Crippen molar-refractivity contribution in [2.24, 2.45) is 0 Å². The number of likely N-dealkylation sites (N-methyl/N-ethyl adjacent to an activating group) is 1. The van der Waals surface area contributed by atoms with Crippen molar-refractivity contribution in [3.05, 3.63) is 23.2 Å². The zero-order valence-corrected chi connectivity index (χ0v) is 12.1. The number of halogens is 1. The lowest BCUT2D eigenvalue weighted by Gasteiger charge is -2.24. The molecule has 1 aromatic rings. The minimum absolute atomic E-state index is 0.0143. The Bertz CT molecular complexity index is 519. The normalized spacial score (nSPS) is 13.8. The highest BCUT2D eigenvalue weighted by Gasteiger charge is 2.27. The van der Waals surface area contributed by atoms with Crippen molar-refractivity contribution in [3.63, 3.8) is 0 Å². The molecule has 0 amide bonds. The van der Waals surface area contributed by atoms with E-state index < -0.39 is 10.0 Å². The summed E-state index contributed by atoms with van der Waals surface area (Å²) in [7, 11) is -0.666. The second-order valence-corrected chi connectivity index (χ2v) is 6.41. The van der Waals surface area contributed by atoms with E-state index in [9.17, 15) is 8.42 Å². The summed E-state index contributed by atoms with van der Waals surface area (Å²) in [5, 5.41) is 0.329. The number of anilines is 1. The molecule has 0 spiro atoms. The molecule has 0 aliphatic heterocycles. The van der Waals surface area contributed by atoms with Crippen molar-refractivity contribution in [1.82, 2.24) is 4.31 Å². The van der Waals surface area contributed by atoms with Gasteiger partial charge < -0.3 is 10.5 Å². The van der Waals surface area contributed by atoms with Crippen LogP contribution in [0.1, 0.15) is 6.92 Å². The van der Waals surface area contributed by atoms with Gasteiger partial charge in [-0.25, -0.2) is 8.42 Å². The van der Waals surface area contributed by atoms with Crippen LogP contribution in [0.15, 0.2) is 23.1 Å². The van der Waals surface area contributed by atoms with E-state index in [-0.39, 0.29) is 16.6 Å². The smallest absolute Gasteiger partial charge is 0.245 e. The number of nitrogens with zero attached hydrogens (tertiary/aromatic N) is 1. The van der Waals surface area contributed by atoms with E-state index in [1.165, 1.54) is 30.6 Å². The van der Waals surface area contributed by atoms with Crippen molar-refractivity contribution in [3.8, 4) is 0 Å². The predicted molar refractivity (Wildman–Crippen MR) is 72.2 cm³/mol. The average Bonchev–Trinajstić information content (AvgIpc) is 2.31. The molecule has 0 fully saturated rings. The van der Waals surface area contributed by atoms with Gasteiger partial charge in [0, 0.05) is 25.2 Å². The Kier molecular flexibility index (Phi) is 4.98. The number of methoxy groups -OCH3 is 1. The molecule has 0 aliphatic carbocycles. The van der Waals surface area contributed by atoms with Crippen LogP contribution in [0, 0.1) is 0 Å². The van der Waals surface area contributed by atoms with Gasteiger partial charge in [-0.05, 0) is 25.1 Å². The molecular weight excluding hydrogens is 276 g/mol. The zero-order valence-electron chi connectivity index (χ0n) is 10.6. The van der Waals surface area contributed by atoms with E-state index in [1.54, 1.807) is 13.0 Å². The van der Waals surface area contributed by atoms with E-state index in [2.05, 4.69) is 0 Å². The molecule has 0 heterocycles. The molecule has 5 nitrogen and oxygen atoms in total. The fourth-order valence-corrected chi connectivity index (χ4v) is 3.19. The van der Waals surface area contributed by atoms with Crippen molar-refractivity contribution in [1.29, 1.82) is 0 Å². The second kappa shape index (κ2) is 5.88. The van der Waals surface area contributed by atoms with Gasteiger partial charge in [0.15, 0.2) is 0 Å². The fourth-order valence-electron chi connectivity index (χ4n) is 1.47. The minimum Gasteiger partial charge on any atom is -0.398 e. The van der Waals surface area contributed by atoms with Crippen molar-refractivity contribution < 1.29 is 13.2 Å². The van der Waals surface area contributed by atoms with Gasteiger partial charge in [0.05, 0.1) is 12.3 Å². The van der Waals surface area contributed by atoms with E-state index in [4.69, 9.17) is 22.1 Å². The summed E-state index contributed by atoms with van der Waals surface area (Å²) in [6.45, 7) is 2.05. The molecule has 0 aliphatic rings. The Morgan fingerprint density at radius 2 is 2.11 bits per heavy atom. The molecule has 18 heavy (non-hydrogen) atoms. The molecule has 7 heteroatoms. The number of benzene rings is 1. The number of sulfonamides is 1. The maximum absolute atomic E-state index is 12.4.